The molecule has 0 atom stereocenters. The van der Waals surface area contributed by atoms with Crippen LogP contribution in [-0.4, -0.2) is 24.0 Å². The smallest absolute Gasteiger partial charge is 0.269 e. The molecule has 0 fully saturated rings. The molecule has 0 radical (unpaired) electrons. The van der Waals surface area contributed by atoms with Gasteiger partial charge in [0.2, 0.25) is 0 Å². The summed E-state index contributed by atoms with van der Waals surface area (Å²) in [5.74, 6) is 0.839. The first-order chi connectivity index (χ1) is 9.50. The van der Waals surface area contributed by atoms with Crippen LogP contribution in [0.5, 0.6) is 5.75 Å². The minimum Gasteiger partial charge on any atom is -0.492 e. The zero-order chi connectivity index (χ0) is 14.8. The monoisotopic (exact) mass is 314 g/mol. The number of aromatic nitrogens is 2. The van der Waals surface area contributed by atoms with E-state index in [0.717, 1.165) is 0 Å². The number of imidazole rings is 1. The van der Waals surface area contributed by atoms with Crippen LogP contribution >= 0.6 is 11.6 Å². The minimum atomic E-state index is -3.68. The van der Waals surface area contributed by atoms with Crippen molar-refractivity contribution in [2.24, 2.45) is 0 Å². The Morgan fingerprint density at radius 1 is 1.35 bits per heavy atom. The first-order valence-corrected chi connectivity index (χ1v) is 8.02. The maximum absolute atomic E-state index is 12.6. The van der Waals surface area contributed by atoms with Crippen molar-refractivity contribution >= 4 is 21.6 Å². The van der Waals surface area contributed by atoms with E-state index in [1.54, 1.807) is 0 Å². The Hall–Kier alpha value is -1.53. The molecule has 0 saturated heterocycles. The molecule has 0 N–H and O–H groups in total. The van der Waals surface area contributed by atoms with Gasteiger partial charge in [-0.15, -0.1) is 0 Å². The van der Waals surface area contributed by atoms with Crippen molar-refractivity contribution in [1.29, 1.82) is 0 Å². The summed E-state index contributed by atoms with van der Waals surface area (Å²) in [4.78, 5) is 4.15. The molecule has 0 amide bonds. The normalized spacial score (nSPS) is 11.6. The minimum absolute atomic E-state index is 0.123. The van der Waals surface area contributed by atoms with Crippen LogP contribution in [0.1, 0.15) is 19.7 Å². The van der Waals surface area contributed by atoms with Gasteiger partial charge in [-0.3, -0.25) is 0 Å². The zero-order valence-corrected chi connectivity index (χ0v) is 12.8. The van der Waals surface area contributed by atoms with Gasteiger partial charge in [0.25, 0.3) is 10.0 Å². The number of aryl methyl sites for hydroxylation is 1. The summed E-state index contributed by atoms with van der Waals surface area (Å²) in [5, 5.41) is 0.382. The highest BCUT2D eigenvalue weighted by Gasteiger charge is 2.21. The highest BCUT2D eigenvalue weighted by Crippen LogP contribution is 2.28. The number of nitrogens with zero attached hydrogens (tertiary/aromatic N) is 2. The van der Waals surface area contributed by atoms with Crippen molar-refractivity contribution in [3.63, 3.8) is 0 Å². The molecular formula is C13H15ClN2O3S. The van der Waals surface area contributed by atoms with Gasteiger partial charge in [-0.2, -0.15) is 0 Å². The molecule has 2 aromatic rings. The molecule has 7 heteroatoms. The third kappa shape index (κ3) is 2.66. The lowest BCUT2D eigenvalue weighted by molar-refractivity contribution is 0.339. The number of hydrogen-bond donors (Lipinski definition) is 0. The third-order valence-electron chi connectivity index (χ3n) is 2.76. The fourth-order valence-electron chi connectivity index (χ4n) is 1.81. The topological polar surface area (TPSA) is 61.2 Å². The van der Waals surface area contributed by atoms with Crippen molar-refractivity contribution in [3.05, 3.63) is 41.4 Å². The second-order valence-corrected chi connectivity index (χ2v) is 6.25. The van der Waals surface area contributed by atoms with Crippen molar-refractivity contribution in [3.8, 4) is 5.75 Å². The van der Waals surface area contributed by atoms with Crippen molar-refractivity contribution < 1.29 is 13.2 Å². The summed E-state index contributed by atoms with van der Waals surface area (Å²) < 4.78 is 31.6. The van der Waals surface area contributed by atoms with Crippen LogP contribution in [0, 0.1) is 0 Å². The van der Waals surface area contributed by atoms with E-state index in [2.05, 4.69) is 4.98 Å². The van der Waals surface area contributed by atoms with Gasteiger partial charge in [0.15, 0.2) is 0 Å². The van der Waals surface area contributed by atoms with E-state index in [-0.39, 0.29) is 4.90 Å². The molecule has 20 heavy (non-hydrogen) atoms. The van der Waals surface area contributed by atoms with E-state index >= 15 is 0 Å². The van der Waals surface area contributed by atoms with Gasteiger partial charge < -0.3 is 4.74 Å². The van der Waals surface area contributed by atoms with Crippen LogP contribution in [0.25, 0.3) is 0 Å². The van der Waals surface area contributed by atoms with Gasteiger partial charge in [-0.05, 0) is 19.1 Å². The molecule has 0 aliphatic rings. The number of rotatable bonds is 5. The van der Waals surface area contributed by atoms with Crippen molar-refractivity contribution in [2.45, 2.75) is 25.2 Å². The molecule has 1 aromatic heterocycles. The van der Waals surface area contributed by atoms with Gasteiger partial charge in [-0.1, -0.05) is 18.5 Å². The molecule has 0 saturated carbocycles. The van der Waals surface area contributed by atoms with E-state index in [4.69, 9.17) is 16.3 Å². The molecule has 1 aromatic carbocycles. The predicted octanol–water partition coefficient (Wildman–Crippen LogP) is 2.73. The summed E-state index contributed by atoms with van der Waals surface area (Å²) in [6, 6.07) is 4.40. The van der Waals surface area contributed by atoms with Gasteiger partial charge in [0, 0.05) is 24.9 Å². The van der Waals surface area contributed by atoms with Gasteiger partial charge in [-0.25, -0.2) is 17.4 Å². The average Bonchev–Trinajstić information content (AvgIpc) is 2.90. The SMILES string of the molecule is CCOc1cc(S(=O)(=O)n2ccnc2CC)ccc1Cl. The van der Waals surface area contributed by atoms with Gasteiger partial charge in [0.1, 0.15) is 11.6 Å². The number of hydrogen-bond acceptors (Lipinski definition) is 4. The van der Waals surface area contributed by atoms with E-state index < -0.39 is 10.0 Å². The predicted molar refractivity (Wildman–Crippen MR) is 76.8 cm³/mol. The summed E-state index contributed by atoms with van der Waals surface area (Å²) in [5.41, 5.74) is 0. The van der Waals surface area contributed by atoms with Crippen LogP contribution < -0.4 is 4.74 Å². The lowest BCUT2D eigenvalue weighted by Crippen LogP contribution is -2.15. The summed E-state index contributed by atoms with van der Waals surface area (Å²) in [6.07, 6.45) is 3.43. The van der Waals surface area contributed by atoms with E-state index in [0.29, 0.717) is 29.6 Å². The third-order valence-corrected chi connectivity index (χ3v) is 4.77. The Balaban J connectivity index is 2.52. The van der Waals surface area contributed by atoms with E-state index in [1.165, 1.54) is 34.6 Å². The number of benzene rings is 1. The average molecular weight is 315 g/mol. The molecule has 0 aliphatic heterocycles. The Bertz CT molecular complexity index is 710. The van der Waals surface area contributed by atoms with Crippen LogP contribution in [0.3, 0.4) is 0 Å². The Kier molecular flexibility index (Phi) is 4.35. The lowest BCUT2D eigenvalue weighted by atomic mass is 10.3. The molecule has 2 rings (SSSR count). The van der Waals surface area contributed by atoms with Crippen LogP contribution in [0.2, 0.25) is 5.02 Å². The summed E-state index contributed by atoms with van der Waals surface area (Å²) >= 11 is 5.97. The molecule has 0 bridgehead atoms. The summed E-state index contributed by atoms with van der Waals surface area (Å²) in [6.45, 7) is 4.07. The molecule has 0 spiro atoms. The lowest BCUT2D eigenvalue weighted by Gasteiger charge is -2.11. The Morgan fingerprint density at radius 3 is 2.75 bits per heavy atom. The van der Waals surface area contributed by atoms with Crippen LogP contribution in [0.15, 0.2) is 35.5 Å². The van der Waals surface area contributed by atoms with Gasteiger partial charge >= 0.3 is 0 Å². The number of ether oxygens (including phenoxy) is 1. The molecule has 0 unspecified atom stereocenters. The maximum atomic E-state index is 12.6. The Morgan fingerprint density at radius 2 is 2.10 bits per heavy atom. The highest BCUT2D eigenvalue weighted by atomic mass is 35.5. The fraction of sp³-hybridized carbons (Fsp3) is 0.308. The second kappa shape index (κ2) is 5.85. The van der Waals surface area contributed by atoms with Crippen LogP contribution in [-0.2, 0) is 16.4 Å². The fourth-order valence-corrected chi connectivity index (χ4v) is 3.38. The van der Waals surface area contributed by atoms with E-state index in [1.807, 2.05) is 13.8 Å². The number of halogens is 1. The van der Waals surface area contributed by atoms with E-state index in [9.17, 15) is 8.42 Å². The quantitative estimate of drug-likeness (QED) is 0.851. The van der Waals surface area contributed by atoms with Crippen molar-refractivity contribution in [1.82, 2.24) is 8.96 Å². The van der Waals surface area contributed by atoms with Crippen LogP contribution in [0.4, 0.5) is 0 Å². The maximum Gasteiger partial charge on any atom is 0.269 e. The standard InChI is InChI=1S/C13H15ClN2O3S/c1-3-13-15-7-8-16(13)20(17,18)10-5-6-11(14)12(9-10)19-4-2/h5-9H,3-4H2,1-2H3. The largest absolute Gasteiger partial charge is 0.492 e. The first-order valence-electron chi connectivity index (χ1n) is 6.20. The zero-order valence-electron chi connectivity index (χ0n) is 11.2. The molecule has 5 nitrogen and oxygen atoms in total. The molecular weight excluding hydrogens is 300 g/mol. The molecule has 108 valence electrons. The molecule has 1 heterocycles. The highest BCUT2D eigenvalue weighted by molar-refractivity contribution is 7.90. The first kappa shape index (κ1) is 14.9. The van der Waals surface area contributed by atoms with Crippen molar-refractivity contribution in [2.75, 3.05) is 6.61 Å². The molecule has 0 aliphatic carbocycles. The Labute approximate surface area is 123 Å². The summed E-state index contributed by atoms with van der Waals surface area (Å²) in [7, 11) is -3.68. The second-order valence-electron chi connectivity index (χ2n) is 4.02. The van der Waals surface area contributed by atoms with Gasteiger partial charge in [0.05, 0.1) is 16.5 Å².